The molecule has 0 aliphatic rings. The summed E-state index contributed by atoms with van der Waals surface area (Å²) in [6, 6.07) is 0. The Balaban J connectivity index is 0. The molecule has 0 atom stereocenters. The van der Waals surface area contributed by atoms with Crippen LogP contribution in [0.15, 0.2) is 0 Å². The molecular weight excluding hydrogens is 174 g/mol. The van der Waals surface area contributed by atoms with E-state index in [4.69, 9.17) is 5.73 Å². The number of rotatable bonds is 4. The molecule has 64 valence electrons. The summed E-state index contributed by atoms with van der Waals surface area (Å²) in [5.41, 5.74) is 5.07. The van der Waals surface area contributed by atoms with Crippen molar-refractivity contribution in [2.75, 3.05) is 18.1 Å². The number of hydrogen-bond donors (Lipinski definition) is 1. The first-order valence-electron chi connectivity index (χ1n) is 3.03. The van der Waals surface area contributed by atoms with Gasteiger partial charge in [-0.1, -0.05) is 6.92 Å². The Morgan fingerprint density at radius 1 is 1.30 bits per heavy atom. The zero-order valence-corrected chi connectivity index (χ0v) is 7.67. The number of halogens is 1. The molecule has 0 fully saturated rings. The van der Waals surface area contributed by atoms with Crippen LogP contribution in [0.4, 0.5) is 0 Å². The first-order chi connectivity index (χ1) is 4.12. The zero-order valence-electron chi connectivity index (χ0n) is 6.04. The maximum Gasteiger partial charge on any atom is 0.151 e. The highest BCUT2D eigenvalue weighted by atomic mass is 35.5. The van der Waals surface area contributed by atoms with Crippen molar-refractivity contribution in [2.24, 2.45) is 5.73 Å². The summed E-state index contributed by atoms with van der Waals surface area (Å²) in [5, 5.41) is 0. The average Bonchev–Trinajstić information content (AvgIpc) is 1.64. The summed E-state index contributed by atoms with van der Waals surface area (Å²) in [6.45, 7) is 2.08. The van der Waals surface area contributed by atoms with Crippen LogP contribution in [0.1, 0.15) is 13.3 Å². The molecule has 0 saturated carbocycles. The van der Waals surface area contributed by atoms with E-state index >= 15 is 0 Å². The third-order valence-corrected chi connectivity index (χ3v) is 2.83. The van der Waals surface area contributed by atoms with Gasteiger partial charge in [0.25, 0.3) is 0 Å². The molecule has 0 aromatic rings. The molecule has 0 spiro atoms. The quantitative estimate of drug-likeness (QED) is 0.684. The van der Waals surface area contributed by atoms with Crippen molar-refractivity contribution in [2.45, 2.75) is 13.3 Å². The van der Waals surface area contributed by atoms with Crippen molar-refractivity contribution >= 4 is 22.2 Å². The molecule has 0 aromatic carbocycles. The third kappa shape index (κ3) is 6.32. The lowest BCUT2D eigenvalue weighted by Gasteiger charge is -1.96. The molecule has 0 unspecified atom stereocenters. The van der Waals surface area contributed by atoms with E-state index in [9.17, 15) is 8.42 Å². The van der Waals surface area contributed by atoms with Crippen molar-refractivity contribution < 1.29 is 8.42 Å². The van der Waals surface area contributed by atoms with Crippen LogP contribution >= 0.6 is 12.4 Å². The van der Waals surface area contributed by atoms with Gasteiger partial charge in [-0.05, 0) is 6.42 Å². The van der Waals surface area contributed by atoms with Gasteiger partial charge in [0.1, 0.15) is 0 Å². The van der Waals surface area contributed by atoms with E-state index in [2.05, 4.69) is 0 Å². The average molecular weight is 188 g/mol. The van der Waals surface area contributed by atoms with Crippen molar-refractivity contribution in [3.05, 3.63) is 0 Å². The molecule has 0 rings (SSSR count). The highest BCUT2D eigenvalue weighted by molar-refractivity contribution is 7.91. The molecule has 0 aliphatic heterocycles. The van der Waals surface area contributed by atoms with E-state index in [1.807, 2.05) is 6.92 Å². The molecule has 0 aromatic heterocycles. The second-order valence-electron chi connectivity index (χ2n) is 1.94. The highest BCUT2D eigenvalue weighted by Gasteiger charge is 2.05. The predicted molar refractivity (Wildman–Crippen MR) is 45.2 cm³/mol. The summed E-state index contributed by atoms with van der Waals surface area (Å²) in [7, 11) is -2.81. The van der Waals surface area contributed by atoms with Gasteiger partial charge in [0.15, 0.2) is 9.84 Å². The Labute approximate surface area is 68.3 Å². The van der Waals surface area contributed by atoms with Crippen LogP contribution in [0.2, 0.25) is 0 Å². The molecule has 10 heavy (non-hydrogen) atoms. The van der Waals surface area contributed by atoms with Crippen molar-refractivity contribution in [3.8, 4) is 0 Å². The Hall–Kier alpha value is 0.200. The SMILES string of the molecule is CCCS(=O)(=O)CCN.Cl. The van der Waals surface area contributed by atoms with Crippen LogP contribution in [0.5, 0.6) is 0 Å². The summed E-state index contributed by atoms with van der Waals surface area (Å²) in [6.07, 6.45) is 0.683. The standard InChI is InChI=1S/C5H13NO2S.ClH/c1-2-4-9(7,8)5-3-6;/h2-6H2,1H3;1H. The van der Waals surface area contributed by atoms with Crippen LogP contribution in [0.25, 0.3) is 0 Å². The van der Waals surface area contributed by atoms with E-state index in [1.165, 1.54) is 0 Å². The molecule has 0 saturated heterocycles. The molecule has 0 radical (unpaired) electrons. The second kappa shape index (κ2) is 5.95. The lowest BCUT2D eigenvalue weighted by Crippen LogP contribution is -2.17. The number of hydrogen-bond acceptors (Lipinski definition) is 3. The third-order valence-electron chi connectivity index (χ3n) is 0.944. The normalized spacial score (nSPS) is 10.6. The summed E-state index contributed by atoms with van der Waals surface area (Å²) < 4.78 is 21.5. The molecule has 2 N–H and O–H groups in total. The Morgan fingerprint density at radius 3 is 2.10 bits per heavy atom. The van der Waals surface area contributed by atoms with Gasteiger partial charge in [0, 0.05) is 12.3 Å². The van der Waals surface area contributed by atoms with E-state index < -0.39 is 9.84 Å². The summed E-state index contributed by atoms with van der Waals surface area (Å²) >= 11 is 0. The van der Waals surface area contributed by atoms with E-state index in [-0.39, 0.29) is 30.5 Å². The van der Waals surface area contributed by atoms with Crippen LogP contribution in [-0.2, 0) is 9.84 Å². The largest absolute Gasteiger partial charge is 0.329 e. The molecule has 0 aliphatic carbocycles. The lowest BCUT2D eigenvalue weighted by atomic mass is 10.6. The van der Waals surface area contributed by atoms with Gasteiger partial charge in [-0.15, -0.1) is 12.4 Å². The fraction of sp³-hybridized carbons (Fsp3) is 1.00. The van der Waals surface area contributed by atoms with Crippen molar-refractivity contribution in [1.82, 2.24) is 0 Å². The molecule has 5 heteroatoms. The van der Waals surface area contributed by atoms with Gasteiger partial charge < -0.3 is 5.73 Å². The van der Waals surface area contributed by atoms with E-state index in [0.717, 1.165) is 0 Å². The molecule has 0 bridgehead atoms. The fourth-order valence-corrected chi connectivity index (χ4v) is 1.78. The molecule has 0 amide bonds. The van der Waals surface area contributed by atoms with Crippen LogP contribution in [0, 0.1) is 0 Å². The van der Waals surface area contributed by atoms with Gasteiger partial charge in [0.2, 0.25) is 0 Å². The minimum Gasteiger partial charge on any atom is -0.329 e. The number of sulfone groups is 1. The van der Waals surface area contributed by atoms with E-state index in [0.29, 0.717) is 6.42 Å². The zero-order chi connectivity index (χ0) is 7.33. The first kappa shape index (κ1) is 12.8. The Morgan fingerprint density at radius 2 is 1.80 bits per heavy atom. The minimum absolute atomic E-state index is 0. The van der Waals surface area contributed by atoms with Gasteiger partial charge in [0.05, 0.1) is 5.75 Å². The van der Waals surface area contributed by atoms with Crippen LogP contribution in [0.3, 0.4) is 0 Å². The van der Waals surface area contributed by atoms with Gasteiger partial charge in [-0.3, -0.25) is 0 Å². The smallest absolute Gasteiger partial charge is 0.151 e. The highest BCUT2D eigenvalue weighted by Crippen LogP contribution is 1.90. The summed E-state index contributed by atoms with van der Waals surface area (Å²) in [4.78, 5) is 0. The first-order valence-corrected chi connectivity index (χ1v) is 4.85. The monoisotopic (exact) mass is 187 g/mol. The van der Waals surface area contributed by atoms with Crippen molar-refractivity contribution in [1.29, 1.82) is 0 Å². The predicted octanol–water partition coefficient (Wildman–Crippen LogP) is 0.192. The fourth-order valence-electron chi connectivity index (χ4n) is 0.593. The van der Waals surface area contributed by atoms with Gasteiger partial charge in [-0.2, -0.15) is 0 Å². The van der Waals surface area contributed by atoms with E-state index in [1.54, 1.807) is 0 Å². The Kier molecular flexibility index (Phi) is 7.63. The Bertz CT molecular complexity index is 143. The molecule has 0 heterocycles. The molecule has 3 nitrogen and oxygen atoms in total. The molecular formula is C5H14ClNO2S. The summed E-state index contributed by atoms with van der Waals surface area (Å²) in [5.74, 6) is 0.394. The maximum atomic E-state index is 10.8. The van der Waals surface area contributed by atoms with Gasteiger partial charge >= 0.3 is 0 Å². The number of nitrogens with two attached hydrogens (primary N) is 1. The van der Waals surface area contributed by atoms with Gasteiger partial charge in [-0.25, -0.2) is 8.42 Å². The minimum atomic E-state index is -2.81. The van der Waals surface area contributed by atoms with Crippen LogP contribution < -0.4 is 5.73 Å². The maximum absolute atomic E-state index is 10.8. The topological polar surface area (TPSA) is 60.2 Å². The lowest BCUT2D eigenvalue weighted by molar-refractivity contribution is 0.594. The van der Waals surface area contributed by atoms with Crippen LogP contribution in [-0.4, -0.2) is 26.5 Å². The second-order valence-corrected chi connectivity index (χ2v) is 4.24. The van der Waals surface area contributed by atoms with Crippen molar-refractivity contribution in [3.63, 3.8) is 0 Å².